The van der Waals surface area contributed by atoms with Gasteiger partial charge < -0.3 is 4.74 Å². The molecule has 0 aliphatic rings. The smallest absolute Gasteiger partial charge is 0.305 e. The number of methoxy groups -OCH3 is 1. The van der Waals surface area contributed by atoms with Crippen molar-refractivity contribution < 1.29 is 9.53 Å². The maximum atomic E-state index is 10.9. The minimum absolute atomic E-state index is 0.0767. The number of esters is 1. The van der Waals surface area contributed by atoms with Gasteiger partial charge in [0.05, 0.1) is 7.11 Å². The van der Waals surface area contributed by atoms with E-state index in [4.69, 9.17) is 0 Å². The number of hydrogen-bond donors (Lipinski definition) is 0. The third kappa shape index (κ3) is 13.3. The average Bonchev–Trinajstić information content (AvgIpc) is 2.39. The van der Waals surface area contributed by atoms with Crippen LogP contribution in [0.2, 0.25) is 0 Å². The van der Waals surface area contributed by atoms with Crippen LogP contribution in [0.1, 0.15) is 77.6 Å². The highest BCUT2D eigenvalue weighted by molar-refractivity contribution is 5.68. The molecule has 2 nitrogen and oxygen atoms in total. The minimum Gasteiger partial charge on any atom is -0.469 e. The molecule has 0 saturated heterocycles. The highest BCUT2D eigenvalue weighted by Gasteiger charge is 1.98. The van der Waals surface area contributed by atoms with Crippen molar-refractivity contribution >= 4 is 5.97 Å². The number of carbonyl (C=O) groups is 1. The van der Waals surface area contributed by atoms with Crippen LogP contribution < -0.4 is 0 Å². The Hall–Kier alpha value is -0.790. The maximum Gasteiger partial charge on any atom is 0.305 e. The Morgan fingerprint density at radius 1 is 0.889 bits per heavy atom. The second kappa shape index (κ2) is 14.3. The van der Waals surface area contributed by atoms with E-state index < -0.39 is 0 Å². The van der Waals surface area contributed by atoms with Crippen molar-refractivity contribution in [2.24, 2.45) is 0 Å². The molecule has 0 heterocycles. The molecule has 0 atom stereocenters. The molecular weight excluding hydrogens is 224 g/mol. The molecule has 0 spiro atoms. The van der Waals surface area contributed by atoms with E-state index in [1.807, 2.05) is 0 Å². The Morgan fingerprint density at radius 3 is 2.06 bits per heavy atom. The van der Waals surface area contributed by atoms with Gasteiger partial charge in [-0.1, -0.05) is 57.6 Å². The molecule has 0 aliphatic heterocycles. The molecule has 18 heavy (non-hydrogen) atoms. The number of carbonyl (C=O) groups excluding carboxylic acids is 1. The fraction of sp³-hybridized carbons (Fsp3) is 0.812. The molecule has 0 rings (SSSR count). The van der Waals surface area contributed by atoms with Gasteiger partial charge in [0, 0.05) is 6.42 Å². The second-order valence-corrected chi connectivity index (χ2v) is 4.85. The molecule has 0 N–H and O–H groups in total. The Morgan fingerprint density at radius 2 is 1.44 bits per heavy atom. The summed E-state index contributed by atoms with van der Waals surface area (Å²) in [5.74, 6) is -0.0767. The summed E-state index contributed by atoms with van der Waals surface area (Å²) in [7, 11) is 1.45. The normalized spacial score (nSPS) is 11.0. The molecule has 0 unspecified atom stereocenters. The van der Waals surface area contributed by atoms with Gasteiger partial charge in [0.15, 0.2) is 0 Å². The van der Waals surface area contributed by atoms with Crippen molar-refractivity contribution in [1.29, 1.82) is 0 Å². The summed E-state index contributed by atoms with van der Waals surface area (Å²) in [5.41, 5.74) is 0. The third-order valence-corrected chi connectivity index (χ3v) is 3.12. The second-order valence-electron chi connectivity index (χ2n) is 4.85. The van der Waals surface area contributed by atoms with Crippen LogP contribution in [0.4, 0.5) is 0 Å². The van der Waals surface area contributed by atoms with E-state index >= 15 is 0 Å². The van der Waals surface area contributed by atoms with Crippen LogP contribution in [0.15, 0.2) is 12.2 Å². The van der Waals surface area contributed by atoms with Crippen molar-refractivity contribution in [3.05, 3.63) is 12.2 Å². The molecule has 0 aromatic heterocycles. The van der Waals surface area contributed by atoms with Crippen molar-refractivity contribution in [2.45, 2.75) is 77.6 Å². The quantitative estimate of drug-likeness (QED) is 0.277. The first-order chi connectivity index (χ1) is 8.81. The van der Waals surface area contributed by atoms with Crippen LogP contribution >= 0.6 is 0 Å². The predicted octanol–water partition coefficient (Wildman–Crippen LogP) is 5.03. The first-order valence-electron chi connectivity index (χ1n) is 7.53. The van der Waals surface area contributed by atoms with E-state index in [9.17, 15) is 4.79 Å². The fourth-order valence-corrected chi connectivity index (χ4v) is 1.90. The molecule has 0 aromatic rings. The van der Waals surface area contributed by atoms with Gasteiger partial charge in [0.25, 0.3) is 0 Å². The molecule has 0 bridgehead atoms. The monoisotopic (exact) mass is 254 g/mol. The van der Waals surface area contributed by atoms with Crippen molar-refractivity contribution in [3.63, 3.8) is 0 Å². The van der Waals surface area contributed by atoms with Gasteiger partial charge in [-0.15, -0.1) is 0 Å². The molecule has 0 radical (unpaired) electrons. The standard InChI is InChI=1S/C16H30O2/c1-3-4-5-6-7-8-9-10-11-12-13-14-15-16(17)18-2/h6-7H,3-5,8-15H2,1-2H3/b7-6-. The van der Waals surface area contributed by atoms with Crippen LogP contribution in [0.25, 0.3) is 0 Å². The van der Waals surface area contributed by atoms with Gasteiger partial charge >= 0.3 is 5.97 Å². The summed E-state index contributed by atoms with van der Waals surface area (Å²) in [6.07, 6.45) is 17.6. The lowest BCUT2D eigenvalue weighted by molar-refractivity contribution is -0.140. The van der Waals surface area contributed by atoms with Crippen molar-refractivity contribution in [3.8, 4) is 0 Å². The Labute approximate surface area is 113 Å². The lowest BCUT2D eigenvalue weighted by atomic mass is 10.1. The minimum atomic E-state index is -0.0767. The van der Waals surface area contributed by atoms with E-state index in [0.717, 1.165) is 12.8 Å². The fourth-order valence-electron chi connectivity index (χ4n) is 1.90. The van der Waals surface area contributed by atoms with E-state index in [0.29, 0.717) is 6.42 Å². The van der Waals surface area contributed by atoms with E-state index in [2.05, 4.69) is 23.8 Å². The molecule has 106 valence electrons. The molecule has 0 fully saturated rings. The predicted molar refractivity (Wildman–Crippen MR) is 77.6 cm³/mol. The summed E-state index contributed by atoms with van der Waals surface area (Å²) in [6.45, 7) is 2.23. The number of hydrogen-bond acceptors (Lipinski definition) is 2. The number of allylic oxidation sites excluding steroid dienone is 2. The van der Waals surface area contributed by atoms with E-state index in [1.165, 1.54) is 58.5 Å². The summed E-state index contributed by atoms with van der Waals surface area (Å²) >= 11 is 0. The number of ether oxygens (including phenoxy) is 1. The van der Waals surface area contributed by atoms with E-state index in [1.54, 1.807) is 0 Å². The highest BCUT2D eigenvalue weighted by Crippen LogP contribution is 2.09. The lowest BCUT2D eigenvalue weighted by Gasteiger charge is -2.00. The molecule has 2 heteroatoms. The molecule has 0 aromatic carbocycles. The van der Waals surface area contributed by atoms with Crippen molar-refractivity contribution in [2.75, 3.05) is 7.11 Å². The van der Waals surface area contributed by atoms with Gasteiger partial charge in [-0.05, 0) is 25.7 Å². The first kappa shape index (κ1) is 17.2. The van der Waals surface area contributed by atoms with Gasteiger partial charge in [-0.25, -0.2) is 0 Å². The summed E-state index contributed by atoms with van der Waals surface area (Å²) in [4.78, 5) is 10.9. The largest absolute Gasteiger partial charge is 0.469 e. The maximum absolute atomic E-state index is 10.9. The van der Waals surface area contributed by atoms with Crippen LogP contribution in [-0.4, -0.2) is 13.1 Å². The Balaban J connectivity index is 3.07. The number of rotatable bonds is 12. The average molecular weight is 254 g/mol. The zero-order chi connectivity index (χ0) is 13.5. The zero-order valence-electron chi connectivity index (χ0n) is 12.2. The summed E-state index contributed by atoms with van der Waals surface area (Å²) < 4.78 is 4.60. The zero-order valence-corrected chi connectivity index (χ0v) is 12.2. The number of unbranched alkanes of at least 4 members (excludes halogenated alkanes) is 8. The SMILES string of the molecule is CCCC/C=C\CCCCCCCCC(=O)OC. The Kier molecular flexibility index (Phi) is 13.6. The topological polar surface area (TPSA) is 26.3 Å². The van der Waals surface area contributed by atoms with Crippen LogP contribution in [0.5, 0.6) is 0 Å². The Bertz CT molecular complexity index is 209. The summed E-state index contributed by atoms with van der Waals surface area (Å²) in [6, 6.07) is 0. The first-order valence-corrected chi connectivity index (χ1v) is 7.53. The molecular formula is C16H30O2. The molecule has 0 saturated carbocycles. The van der Waals surface area contributed by atoms with E-state index in [-0.39, 0.29) is 5.97 Å². The van der Waals surface area contributed by atoms with Gasteiger partial charge in [0.2, 0.25) is 0 Å². The van der Waals surface area contributed by atoms with Gasteiger partial charge in [-0.2, -0.15) is 0 Å². The molecule has 0 amide bonds. The van der Waals surface area contributed by atoms with Gasteiger partial charge in [0.1, 0.15) is 0 Å². The molecule has 0 aliphatic carbocycles. The lowest BCUT2D eigenvalue weighted by Crippen LogP contribution is -1.99. The third-order valence-electron chi connectivity index (χ3n) is 3.12. The highest BCUT2D eigenvalue weighted by atomic mass is 16.5. The van der Waals surface area contributed by atoms with Crippen LogP contribution in [0.3, 0.4) is 0 Å². The van der Waals surface area contributed by atoms with Crippen LogP contribution in [-0.2, 0) is 9.53 Å². The summed E-state index contributed by atoms with van der Waals surface area (Å²) in [5, 5.41) is 0. The van der Waals surface area contributed by atoms with Crippen molar-refractivity contribution in [1.82, 2.24) is 0 Å². The van der Waals surface area contributed by atoms with Crippen LogP contribution in [0, 0.1) is 0 Å². The van der Waals surface area contributed by atoms with Gasteiger partial charge in [-0.3, -0.25) is 4.79 Å².